The number of amides is 1. The Labute approximate surface area is 192 Å². The van der Waals surface area contributed by atoms with E-state index in [2.05, 4.69) is 25.8 Å². The van der Waals surface area contributed by atoms with E-state index in [1.807, 2.05) is 4.90 Å². The molecule has 2 aliphatic rings. The molecule has 1 aliphatic heterocycles. The van der Waals surface area contributed by atoms with E-state index in [-0.39, 0.29) is 24.1 Å². The molecule has 0 radical (unpaired) electrons. The molecular weight excluding hydrogens is 480 g/mol. The number of hydrogen-bond acceptors (Lipinski definition) is 6. The first-order valence-electron chi connectivity index (χ1n) is 10.3. The maximum atomic E-state index is 12.1. The van der Waals surface area contributed by atoms with Gasteiger partial charge in [-0.15, -0.1) is 0 Å². The molecule has 2 rings (SSSR count). The summed E-state index contributed by atoms with van der Waals surface area (Å²) in [5.41, 5.74) is 5.84. The number of nitrogens with zero attached hydrogens (tertiary/aromatic N) is 2. The first-order valence-corrected chi connectivity index (χ1v) is 10.3. The Morgan fingerprint density at radius 2 is 1.50 bits per heavy atom. The highest BCUT2D eigenvalue weighted by molar-refractivity contribution is 5.84. The molecule has 15 heteroatoms. The molecule has 1 heterocycles. The fourth-order valence-corrected chi connectivity index (χ4v) is 3.55. The molecule has 4 N–H and O–H groups in total. The van der Waals surface area contributed by atoms with Crippen molar-refractivity contribution in [3.05, 3.63) is 0 Å². The van der Waals surface area contributed by atoms with Crippen LogP contribution in [0.5, 0.6) is 0 Å². The van der Waals surface area contributed by atoms with Crippen LogP contribution in [0.2, 0.25) is 0 Å². The highest BCUT2D eigenvalue weighted by Gasteiger charge is 2.42. The molecule has 34 heavy (non-hydrogen) atoms. The average molecular weight is 511 g/mol. The minimum atomic E-state index is -5.08. The number of alkyl halides is 6. The quantitative estimate of drug-likeness (QED) is 0.489. The van der Waals surface area contributed by atoms with Crippen LogP contribution in [0.1, 0.15) is 39.5 Å². The van der Waals surface area contributed by atoms with Gasteiger partial charge in [-0.05, 0) is 46.6 Å². The Morgan fingerprint density at radius 3 is 1.79 bits per heavy atom. The number of halogens is 6. The van der Waals surface area contributed by atoms with Gasteiger partial charge >= 0.3 is 24.3 Å². The Hall–Kier alpha value is -2.13. The number of methoxy groups -OCH3 is 1. The van der Waals surface area contributed by atoms with Crippen molar-refractivity contribution in [3.63, 3.8) is 0 Å². The second-order valence-corrected chi connectivity index (χ2v) is 8.10. The normalized spacial score (nSPS) is 25.4. The standard InChI is InChI=1S/C15H29N3O2.2C2HF3O2/c1-10(2)17(3)11-5-6-13(14(9-11)20-4)18-8-7-12(16)15(18)19;2*3-2(4,5)1(6)7/h10-14H,5-9,16H2,1-4H3;2*(H,6,7)/t11-,12+,13+,14-;;/m1../s1. The molecule has 1 amide bonds. The number of nitrogens with two attached hydrogens (primary N) is 1. The number of rotatable bonds is 4. The van der Waals surface area contributed by atoms with Gasteiger partial charge in [-0.1, -0.05) is 0 Å². The van der Waals surface area contributed by atoms with Crippen LogP contribution < -0.4 is 5.73 Å². The van der Waals surface area contributed by atoms with Gasteiger partial charge in [-0.2, -0.15) is 26.3 Å². The number of carbonyl (C=O) groups is 3. The molecule has 1 saturated carbocycles. The Balaban J connectivity index is 0.000000642. The molecule has 2 fully saturated rings. The van der Waals surface area contributed by atoms with Crippen molar-refractivity contribution in [2.45, 2.75) is 82.2 Å². The number of carbonyl (C=O) groups excluding carboxylic acids is 1. The van der Waals surface area contributed by atoms with Crippen molar-refractivity contribution >= 4 is 17.8 Å². The summed E-state index contributed by atoms with van der Waals surface area (Å²) in [7, 11) is 3.94. The van der Waals surface area contributed by atoms with Gasteiger partial charge in [0.2, 0.25) is 5.91 Å². The van der Waals surface area contributed by atoms with E-state index >= 15 is 0 Å². The van der Waals surface area contributed by atoms with Crippen LogP contribution in [-0.2, 0) is 19.1 Å². The third kappa shape index (κ3) is 10.0. The second-order valence-electron chi connectivity index (χ2n) is 8.10. The van der Waals surface area contributed by atoms with Crippen molar-refractivity contribution in [1.29, 1.82) is 0 Å². The highest BCUT2D eigenvalue weighted by Crippen LogP contribution is 2.31. The van der Waals surface area contributed by atoms with E-state index in [9.17, 15) is 31.1 Å². The van der Waals surface area contributed by atoms with E-state index in [4.69, 9.17) is 30.3 Å². The molecule has 1 aliphatic carbocycles. The van der Waals surface area contributed by atoms with Crippen molar-refractivity contribution in [2.75, 3.05) is 20.7 Å². The third-order valence-electron chi connectivity index (χ3n) is 5.59. The summed E-state index contributed by atoms with van der Waals surface area (Å²) in [6.07, 6.45) is -6.13. The zero-order valence-corrected chi connectivity index (χ0v) is 19.2. The predicted octanol–water partition coefficient (Wildman–Crippen LogP) is 2.09. The number of aliphatic carboxylic acids is 2. The molecule has 0 aromatic carbocycles. The molecule has 4 atom stereocenters. The Kier molecular flexibility index (Phi) is 12.3. The number of hydrogen-bond donors (Lipinski definition) is 3. The minimum Gasteiger partial charge on any atom is -0.475 e. The lowest BCUT2D eigenvalue weighted by atomic mass is 9.86. The largest absolute Gasteiger partial charge is 0.490 e. The lowest BCUT2D eigenvalue weighted by molar-refractivity contribution is -0.193. The van der Waals surface area contributed by atoms with Gasteiger partial charge < -0.3 is 30.5 Å². The van der Waals surface area contributed by atoms with Crippen LogP contribution >= 0.6 is 0 Å². The first-order chi connectivity index (χ1) is 15.3. The summed E-state index contributed by atoms with van der Waals surface area (Å²) in [5.74, 6) is -5.41. The topological polar surface area (TPSA) is 133 Å². The molecule has 9 nitrogen and oxygen atoms in total. The van der Waals surface area contributed by atoms with Crippen molar-refractivity contribution in [1.82, 2.24) is 9.80 Å². The first kappa shape index (κ1) is 31.9. The second kappa shape index (κ2) is 13.1. The van der Waals surface area contributed by atoms with Crippen LogP contribution in [0.3, 0.4) is 0 Å². The van der Waals surface area contributed by atoms with Crippen LogP contribution in [0.25, 0.3) is 0 Å². The molecule has 0 spiro atoms. The number of likely N-dealkylation sites (tertiary alicyclic amines) is 1. The van der Waals surface area contributed by atoms with Crippen molar-refractivity contribution < 1.29 is 55.7 Å². The molecular formula is C19H31F6N3O6. The third-order valence-corrected chi connectivity index (χ3v) is 5.59. The van der Waals surface area contributed by atoms with Crippen molar-refractivity contribution in [3.8, 4) is 0 Å². The fraction of sp³-hybridized carbons (Fsp3) is 0.842. The monoisotopic (exact) mass is 511 g/mol. The Morgan fingerprint density at radius 1 is 1.06 bits per heavy atom. The maximum Gasteiger partial charge on any atom is 0.490 e. The van der Waals surface area contributed by atoms with Crippen LogP contribution in [0.4, 0.5) is 26.3 Å². The fourth-order valence-electron chi connectivity index (χ4n) is 3.55. The average Bonchev–Trinajstić information content (AvgIpc) is 3.04. The zero-order chi connectivity index (χ0) is 27.0. The van der Waals surface area contributed by atoms with Gasteiger partial charge in [0.25, 0.3) is 0 Å². The van der Waals surface area contributed by atoms with Crippen molar-refractivity contribution in [2.24, 2.45) is 5.73 Å². The van der Waals surface area contributed by atoms with Gasteiger partial charge in [-0.3, -0.25) is 4.79 Å². The summed E-state index contributed by atoms with van der Waals surface area (Å²) < 4.78 is 69.2. The van der Waals surface area contributed by atoms with Gasteiger partial charge in [0.1, 0.15) is 0 Å². The zero-order valence-electron chi connectivity index (χ0n) is 19.2. The minimum absolute atomic E-state index is 0.104. The van der Waals surface area contributed by atoms with Crippen LogP contribution in [0, 0.1) is 0 Å². The highest BCUT2D eigenvalue weighted by atomic mass is 19.4. The summed E-state index contributed by atoms with van der Waals surface area (Å²) in [5, 5.41) is 14.2. The number of carboxylic acids is 2. The summed E-state index contributed by atoms with van der Waals surface area (Å²) >= 11 is 0. The SMILES string of the molecule is CO[C@@H]1C[C@H](N(C)C(C)C)CC[C@@H]1N1CC[C@H](N)C1=O.O=C(O)C(F)(F)F.O=C(O)C(F)(F)F. The molecule has 0 aromatic heterocycles. The van der Waals surface area contributed by atoms with E-state index < -0.39 is 24.3 Å². The summed E-state index contributed by atoms with van der Waals surface area (Å²) in [6, 6.07) is 0.986. The molecule has 0 aromatic rings. The molecule has 0 unspecified atom stereocenters. The Bertz CT molecular complexity index is 664. The van der Waals surface area contributed by atoms with Gasteiger partial charge in [0, 0.05) is 25.7 Å². The molecule has 0 bridgehead atoms. The summed E-state index contributed by atoms with van der Waals surface area (Å²) in [6.45, 7) is 5.23. The van der Waals surface area contributed by atoms with Gasteiger partial charge in [0.15, 0.2) is 0 Å². The number of carboxylic acid groups (broad SMARTS) is 2. The van der Waals surface area contributed by atoms with Gasteiger partial charge in [-0.25, -0.2) is 9.59 Å². The molecule has 200 valence electrons. The van der Waals surface area contributed by atoms with E-state index in [1.165, 1.54) is 0 Å². The smallest absolute Gasteiger partial charge is 0.475 e. The lowest BCUT2D eigenvalue weighted by Gasteiger charge is -2.43. The maximum absolute atomic E-state index is 12.1. The molecule has 1 saturated heterocycles. The lowest BCUT2D eigenvalue weighted by Crippen LogP contribution is -2.53. The van der Waals surface area contributed by atoms with Crippen LogP contribution in [0.15, 0.2) is 0 Å². The summed E-state index contributed by atoms with van der Waals surface area (Å²) in [4.78, 5) is 34.3. The van der Waals surface area contributed by atoms with Gasteiger partial charge in [0.05, 0.1) is 18.2 Å². The van der Waals surface area contributed by atoms with E-state index in [1.54, 1.807) is 7.11 Å². The predicted molar refractivity (Wildman–Crippen MR) is 107 cm³/mol. The van der Waals surface area contributed by atoms with E-state index in [0.717, 1.165) is 32.2 Å². The van der Waals surface area contributed by atoms with Crippen LogP contribution in [-0.4, -0.2) is 101 Å². The number of ether oxygens (including phenoxy) is 1. The van der Waals surface area contributed by atoms with E-state index in [0.29, 0.717) is 12.1 Å².